The summed E-state index contributed by atoms with van der Waals surface area (Å²) in [5.74, 6) is -0.654. The maximum Gasteiger partial charge on any atom is 0.258 e. The van der Waals surface area contributed by atoms with Gasteiger partial charge in [-0.05, 0) is 36.2 Å². The number of hydrogen-bond acceptors (Lipinski definition) is 3. The molecule has 0 radical (unpaired) electrons. The van der Waals surface area contributed by atoms with Crippen LogP contribution in [0, 0.1) is 0 Å². The van der Waals surface area contributed by atoms with Crippen molar-refractivity contribution < 1.29 is 14.4 Å². The van der Waals surface area contributed by atoms with E-state index in [9.17, 15) is 14.4 Å². The molecule has 0 saturated heterocycles. The highest BCUT2D eigenvalue weighted by Gasteiger charge is 2.25. The third-order valence-corrected chi connectivity index (χ3v) is 3.95. The molecule has 2 N–H and O–H groups in total. The van der Waals surface area contributed by atoms with Crippen LogP contribution in [0.2, 0.25) is 0 Å². The predicted octanol–water partition coefficient (Wildman–Crippen LogP) is 2.81. The fourth-order valence-corrected chi connectivity index (χ4v) is 3.01. The maximum absolute atomic E-state index is 13.0. The summed E-state index contributed by atoms with van der Waals surface area (Å²) in [5.41, 5.74) is 3.38. The summed E-state index contributed by atoms with van der Waals surface area (Å²) in [6.45, 7) is 3.39. The first kappa shape index (κ1) is 16.7. The number of nitrogens with zero attached hydrogens (tertiary/aromatic N) is 1. The quantitative estimate of drug-likeness (QED) is 0.904. The Labute approximate surface area is 145 Å². The van der Waals surface area contributed by atoms with E-state index in [0.717, 1.165) is 17.7 Å². The SMILES string of the molecule is CC(=O)Nc1cc(NC(C)=O)cc(C(=O)N2CCc3ccccc32)c1. The number of carbonyl (C=O) groups is 3. The number of rotatable bonds is 3. The molecule has 0 aromatic heterocycles. The first-order valence-electron chi connectivity index (χ1n) is 8.04. The number of anilines is 3. The fraction of sp³-hybridized carbons (Fsp3) is 0.211. The molecule has 3 amide bonds. The second-order valence-corrected chi connectivity index (χ2v) is 6.00. The molecule has 2 aromatic rings. The number of para-hydroxylation sites is 1. The van der Waals surface area contributed by atoms with Crippen molar-refractivity contribution in [2.45, 2.75) is 20.3 Å². The van der Waals surface area contributed by atoms with Gasteiger partial charge in [-0.2, -0.15) is 0 Å². The van der Waals surface area contributed by atoms with Crippen molar-refractivity contribution in [3.05, 3.63) is 53.6 Å². The molecule has 1 aliphatic heterocycles. The van der Waals surface area contributed by atoms with Gasteiger partial charge in [-0.15, -0.1) is 0 Å². The van der Waals surface area contributed by atoms with Gasteiger partial charge in [0, 0.05) is 43.0 Å². The van der Waals surface area contributed by atoms with Crippen molar-refractivity contribution in [2.24, 2.45) is 0 Å². The summed E-state index contributed by atoms with van der Waals surface area (Å²) in [4.78, 5) is 37.4. The summed E-state index contributed by atoms with van der Waals surface area (Å²) in [5, 5.41) is 5.32. The van der Waals surface area contributed by atoms with Gasteiger partial charge in [-0.3, -0.25) is 14.4 Å². The third kappa shape index (κ3) is 3.68. The van der Waals surface area contributed by atoms with Crippen molar-refractivity contribution in [3.63, 3.8) is 0 Å². The first-order chi connectivity index (χ1) is 11.9. The summed E-state index contributed by atoms with van der Waals surface area (Å²) < 4.78 is 0. The Bertz CT molecular complexity index is 826. The van der Waals surface area contributed by atoms with Gasteiger partial charge in [0.2, 0.25) is 11.8 Å². The summed E-state index contributed by atoms with van der Waals surface area (Å²) in [6, 6.07) is 12.7. The third-order valence-electron chi connectivity index (χ3n) is 3.95. The highest BCUT2D eigenvalue weighted by molar-refractivity contribution is 6.09. The molecule has 0 unspecified atom stereocenters. The van der Waals surface area contributed by atoms with Crippen LogP contribution in [0.3, 0.4) is 0 Å². The molecule has 2 aromatic carbocycles. The Morgan fingerprint density at radius 2 is 1.52 bits per heavy atom. The Morgan fingerprint density at radius 3 is 2.12 bits per heavy atom. The van der Waals surface area contributed by atoms with E-state index in [1.807, 2.05) is 24.3 Å². The van der Waals surface area contributed by atoms with Crippen molar-refractivity contribution in [3.8, 4) is 0 Å². The lowest BCUT2D eigenvalue weighted by Crippen LogP contribution is -2.29. The van der Waals surface area contributed by atoms with Gasteiger partial charge >= 0.3 is 0 Å². The molecule has 25 heavy (non-hydrogen) atoms. The zero-order valence-corrected chi connectivity index (χ0v) is 14.1. The van der Waals surface area contributed by atoms with E-state index in [0.29, 0.717) is 23.5 Å². The van der Waals surface area contributed by atoms with Crippen LogP contribution in [-0.4, -0.2) is 24.3 Å². The molecule has 3 rings (SSSR count). The highest BCUT2D eigenvalue weighted by atomic mass is 16.2. The van der Waals surface area contributed by atoms with E-state index >= 15 is 0 Å². The summed E-state index contributed by atoms with van der Waals surface area (Å²) in [6.07, 6.45) is 0.811. The Morgan fingerprint density at radius 1 is 0.920 bits per heavy atom. The average molecular weight is 337 g/mol. The molecule has 0 atom stereocenters. The topological polar surface area (TPSA) is 78.5 Å². The molecular formula is C19H19N3O3. The first-order valence-corrected chi connectivity index (χ1v) is 8.04. The second-order valence-electron chi connectivity index (χ2n) is 6.00. The van der Waals surface area contributed by atoms with Gasteiger partial charge in [0.05, 0.1) is 0 Å². The lowest BCUT2D eigenvalue weighted by atomic mass is 10.1. The van der Waals surface area contributed by atoms with E-state index in [1.54, 1.807) is 23.1 Å². The smallest absolute Gasteiger partial charge is 0.258 e. The maximum atomic E-state index is 13.0. The minimum absolute atomic E-state index is 0.163. The molecule has 0 fully saturated rings. The average Bonchev–Trinajstić information content (AvgIpc) is 2.96. The molecule has 0 bridgehead atoms. The van der Waals surface area contributed by atoms with Gasteiger partial charge in [-0.25, -0.2) is 0 Å². The predicted molar refractivity (Wildman–Crippen MR) is 96.9 cm³/mol. The number of benzene rings is 2. The highest BCUT2D eigenvalue weighted by Crippen LogP contribution is 2.30. The molecular weight excluding hydrogens is 318 g/mol. The minimum atomic E-state index is -0.245. The standard InChI is InChI=1S/C19H19N3O3/c1-12(23)20-16-9-15(10-17(11-16)21-13(2)24)19(25)22-8-7-14-5-3-4-6-18(14)22/h3-6,9-11H,7-8H2,1-2H3,(H,20,23)(H,21,24). The monoisotopic (exact) mass is 337 g/mol. The molecule has 6 heteroatoms. The van der Waals surface area contributed by atoms with Crippen molar-refractivity contribution in [1.29, 1.82) is 0 Å². The van der Waals surface area contributed by atoms with E-state index in [-0.39, 0.29) is 17.7 Å². The summed E-state index contributed by atoms with van der Waals surface area (Å²) in [7, 11) is 0. The van der Waals surface area contributed by atoms with Gasteiger partial charge in [0.25, 0.3) is 5.91 Å². The normalized spacial score (nSPS) is 12.5. The molecule has 0 saturated carbocycles. The lowest BCUT2D eigenvalue weighted by Gasteiger charge is -2.18. The lowest BCUT2D eigenvalue weighted by molar-refractivity contribution is -0.115. The number of carbonyl (C=O) groups excluding carboxylic acids is 3. The molecule has 0 spiro atoms. The van der Waals surface area contributed by atoms with Gasteiger partial charge < -0.3 is 15.5 Å². The summed E-state index contributed by atoms with van der Waals surface area (Å²) >= 11 is 0. The van der Waals surface area contributed by atoms with E-state index in [1.165, 1.54) is 13.8 Å². The van der Waals surface area contributed by atoms with Crippen LogP contribution in [0.25, 0.3) is 0 Å². The van der Waals surface area contributed by atoms with Crippen LogP contribution in [0.5, 0.6) is 0 Å². The number of fused-ring (bicyclic) bond motifs is 1. The van der Waals surface area contributed by atoms with Crippen molar-refractivity contribution in [2.75, 3.05) is 22.1 Å². The van der Waals surface area contributed by atoms with Crippen LogP contribution >= 0.6 is 0 Å². The van der Waals surface area contributed by atoms with E-state index in [2.05, 4.69) is 10.6 Å². The van der Waals surface area contributed by atoms with Gasteiger partial charge in [0.15, 0.2) is 0 Å². The number of nitrogens with one attached hydrogen (secondary N) is 2. The van der Waals surface area contributed by atoms with E-state index in [4.69, 9.17) is 0 Å². The molecule has 0 aliphatic carbocycles. The Balaban J connectivity index is 1.96. The number of amides is 3. The zero-order chi connectivity index (χ0) is 18.0. The van der Waals surface area contributed by atoms with Crippen LogP contribution in [-0.2, 0) is 16.0 Å². The minimum Gasteiger partial charge on any atom is -0.326 e. The molecule has 6 nitrogen and oxygen atoms in total. The van der Waals surface area contributed by atoms with E-state index < -0.39 is 0 Å². The fourth-order valence-electron chi connectivity index (χ4n) is 3.01. The largest absolute Gasteiger partial charge is 0.326 e. The van der Waals surface area contributed by atoms with Gasteiger partial charge in [0.1, 0.15) is 0 Å². The Hall–Kier alpha value is -3.15. The van der Waals surface area contributed by atoms with Crippen LogP contribution in [0.4, 0.5) is 17.1 Å². The molecule has 128 valence electrons. The van der Waals surface area contributed by atoms with Crippen molar-refractivity contribution in [1.82, 2.24) is 0 Å². The zero-order valence-electron chi connectivity index (χ0n) is 14.1. The molecule has 1 heterocycles. The number of hydrogen-bond donors (Lipinski definition) is 2. The Kier molecular flexibility index (Phi) is 4.52. The van der Waals surface area contributed by atoms with Crippen LogP contribution in [0.1, 0.15) is 29.8 Å². The van der Waals surface area contributed by atoms with Crippen LogP contribution < -0.4 is 15.5 Å². The molecule has 1 aliphatic rings. The van der Waals surface area contributed by atoms with Crippen molar-refractivity contribution >= 4 is 34.8 Å². The van der Waals surface area contributed by atoms with Gasteiger partial charge in [-0.1, -0.05) is 18.2 Å². The van der Waals surface area contributed by atoms with Crippen LogP contribution in [0.15, 0.2) is 42.5 Å². The second kappa shape index (κ2) is 6.76.